The third-order valence-electron chi connectivity index (χ3n) is 6.45. The Kier molecular flexibility index (Phi) is 7.79. The first-order valence-electron chi connectivity index (χ1n) is 11.9. The number of guanidine groups is 1. The zero-order chi connectivity index (χ0) is 23.0. The summed E-state index contributed by atoms with van der Waals surface area (Å²) >= 11 is 0. The molecule has 2 aromatic carbocycles. The number of nitrogens with zero attached hydrogens (tertiary/aromatic N) is 4. The summed E-state index contributed by atoms with van der Waals surface area (Å²) in [6, 6.07) is 19.4. The van der Waals surface area contributed by atoms with Gasteiger partial charge in [0.15, 0.2) is 5.96 Å². The highest BCUT2D eigenvalue weighted by Crippen LogP contribution is 2.15. The van der Waals surface area contributed by atoms with E-state index in [4.69, 9.17) is 5.10 Å². The number of likely N-dealkylation sites (tertiary alicyclic amines) is 1. The third-order valence-corrected chi connectivity index (χ3v) is 6.45. The van der Waals surface area contributed by atoms with Gasteiger partial charge in [-0.1, -0.05) is 54.6 Å². The Labute approximate surface area is 197 Å². The van der Waals surface area contributed by atoms with Crippen LogP contribution in [0.3, 0.4) is 0 Å². The Hall–Kier alpha value is -3.12. The van der Waals surface area contributed by atoms with Crippen molar-refractivity contribution in [3.63, 3.8) is 0 Å². The molecule has 6 heteroatoms. The second kappa shape index (κ2) is 11.1. The van der Waals surface area contributed by atoms with Crippen LogP contribution in [0.2, 0.25) is 0 Å². The molecule has 0 atom stereocenters. The van der Waals surface area contributed by atoms with Gasteiger partial charge in [-0.2, -0.15) is 5.10 Å². The highest BCUT2D eigenvalue weighted by molar-refractivity contribution is 5.79. The normalized spacial score (nSPS) is 14.6. The van der Waals surface area contributed by atoms with Crippen LogP contribution in [0.1, 0.15) is 46.5 Å². The van der Waals surface area contributed by atoms with Crippen LogP contribution in [0.25, 0.3) is 0 Å². The second-order valence-corrected chi connectivity index (χ2v) is 8.87. The molecule has 0 unspecified atom stereocenters. The minimum atomic E-state index is 0.695. The molecule has 0 radical (unpaired) electrons. The number of benzene rings is 2. The molecule has 0 amide bonds. The van der Waals surface area contributed by atoms with Gasteiger partial charge in [0, 0.05) is 37.9 Å². The van der Waals surface area contributed by atoms with Gasteiger partial charge in [-0.05, 0) is 56.5 Å². The molecule has 1 fully saturated rings. The molecule has 3 aromatic rings. The molecule has 0 spiro atoms. The first-order valence-corrected chi connectivity index (χ1v) is 11.9. The Morgan fingerprint density at radius 1 is 0.848 bits per heavy atom. The average molecular weight is 445 g/mol. The minimum absolute atomic E-state index is 0.695. The zero-order valence-electron chi connectivity index (χ0n) is 20.1. The van der Waals surface area contributed by atoms with Crippen molar-refractivity contribution in [3.8, 4) is 0 Å². The number of aromatic nitrogens is 2. The molecule has 2 N–H and O–H groups in total. The first-order chi connectivity index (χ1) is 16.1. The molecule has 1 saturated heterocycles. The van der Waals surface area contributed by atoms with E-state index in [1.54, 1.807) is 0 Å². The number of hydrogen-bond donors (Lipinski definition) is 2. The maximum Gasteiger partial charge on any atom is 0.191 e. The van der Waals surface area contributed by atoms with E-state index >= 15 is 0 Å². The second-order valence-electron chi connectivity index (χ2n) is 8.87. The highest BCUT2D eigenvalue weighted by atomic mass is 15.3. The van der Waals surface area contributed by atoms with E-state index < -0.39 is 0 Å². The van der Waals surface area contributed by atoms with Crippen LogP contribution >= 0.6 is 0 Å². The lowest BCUT2D eigenvalue weighted by Crippen LogP contribution is -2.36. The van der Waals surface area contributed by atoms with Gasteiger partial charge in [0.1, 0.15) is 0 Å². The lowest BCUT2D eigenvalue weighted by atomic mass is 10.1. The Bertz CT molecular complexity index is 1050. The van der Waals surface area contributed by atoms with Gasteiger partial charge in [-0.25, -0.2) is 0 Å². The molecule has 0 bridgehead atoms. The van der Waals surface area contributed by atoms with Crippen molar-refractivity contribution >= 4 is 5.96 Å². The molecule has 4 rings (SSSR count). The largest absolute Gasteiger partial charge is 0.352 e. The van der Waals surface area contributed by atoms with E-state index in [-0.39, 0.29) is 0 Å². The molecule has 6 nitrogen and oxygen atoms in total. The standard InChI is InChI=1S/C27H36N6/c1-21-26(22(2)33(31-21)20-24-9-5-4-6-10-24)18-30-27(28-3)29-17-23-11-13-25(14-12-23)19-32-15-7-8-16-32/h4-6,9-14H,7-8,15-20H2,1-3H3,(H2,28,29,30). The van der Waals surface area contributed by atoms with Crippen LogP contribution in [0.5, 0.6) is 0 Å². The van der Waals surface area contributed by atoms with Crippen molar-refractivity contribution in [2.24, 2.45) is 4.99 Å². The molecular weight excluding hydrogens is 408 g/mol. The predicted octanol–water partition coefficient (Wildman–Crippen LogP) is 4.01. The molecule has 0 saturated carbocycles. The molecule has 0 aliphatic carbocycles. The smallest absolute Gasteiger partial charge is 0.191 e. The lowest BCUT2D eigenvalue weighted by Gasteiger charge is -2.15. The van der Waals surface area contributed by atoms with Gasteiger partial charge in [-0.15, -0.1) is 0 Å². The quantitative estimate of drug-likeness (QED) is 0.407. The Morgan fingerprint density at radius 2 is 1.48 bits per heavy atom. The van der Waals surface area contributed by atoms with Crippen molar-refractivity contribution in [1.82, 2.24) is 25.3 Å². The van der Waals surface area contributed by atoms with Crippen molar-refractivity contribution in [2.75, 3.05) is 20.1 Å². The monoisotopic (exact) mass is 444 g/mol. The Morgan fingerprint density at radius 3 is 2.18 bits per heavy atom. The predicted molar refractivity (Wildman–Crippen MR) is 135 cm³/mol. The van der Waals surface area contributed by atoms with Crippen LogP contribution in [0, 0.1) is 13.8 Å². The van der Waals surface area contributed by atoms with Crippen molar-refractivity contribution in [2.45, 2.75) is 52.9 Å². The summed E-state index contributed by atoms with van der Waals surface area (Å²) in [7, 11) is 1.81. The lowest BCUT2D eigenvalue weighted by molar-refractivity contribution is 0.331. The van der Waals surface area contributed by atoms with Crippen molar-refractivity contribution < 1.29 is 0 Å². The van der Waals surface area contributed by atoms with Gasteiger partial charge in [0.2, 0.25) is 0 Å². The third kappa shape index (κ3) is 6.23. The minimum Gasteiger partial charge on any atom is -0.352 e. The van der Waals surface area contributed by atoms with E-state index in [1.165, 1.54) is 53.9 Å². The molecule has 1 aliphatic heterocycles. The summed E-state index contributed by atoms with van der Waals surface area (Å²) in [4.78, 5) is 6.93. The van der Waals surface area contributed by atoms with Gasteiger partial charge in [-0.3, -0.25) is 14.6 Å². The molecule has 174 valence electrons. The number of hydrogen-bond acceptors (Lipinski definition) is 3. The zero-order valence-corrected chi connectivity index (χ0v) is 20.1. The summed E-state index contributed by atoms with van der Waals surface area (Å²) in [5, 5.41) is 11.6. The van der Waals surface area contributed by atoms with Crippen molar-refractivity contribution in [3.05, 3.63) is 88.2 Å². The first kappa shape index (κ1) is 23.1. The molecule has 2 heterocycles. The summed E-state index contributed by atoms with van der Waals surface area (Å²) in [5.74, 6) is 0.797. The fraction of sp³-hybridized carbons (Fsp3) is 0.407. The number of aliphatic imine (C=N–C) groups is 1. The van der Waals surface area contributed by atoms with E-state index in [0.29, 0.717) is 6.54 Å². The van der Waals surface area contributed by atoms with E-state index in [2.05, 4.69) is 87.6 Å². The number of aryl methyl sites for hydroxylation is 1. The van der Waals surface area contributed by atoms with Crippen LogP contribution < -0.4 is 10.6 Å². The topological polar surface area (TPSA) is 57.5 Å². The average Bonchev–Trinajstić information content (AvgIpc) is 3.44. The summed E-state index contributed by atoms with van der Waals surface area (Å²) in [6.45, 7) is 9.97. The van der Waals surface area contributed by atoms with Gasteiger partial charge in [0.25, 0.3) is 0 Å². The van der Waals surface area contributed by atoms with Crippen LogP contribution in [0.4, 0.5) is 0 Å². The summed E-state index contributed by atoms with van der Waals surface area (Å²) < 4.78 is 2.08. The molecule has 1 aromatic heterocycles. The van der Waals surface area contributed by atoms with Crippen LogP contribution in [0.15, 0.2) is 59.6 Å². The van der Waals surface area contributed by atoms with Gasteiger partial charge in [0.05, 0.1) is 12.2 Å². The van der Waals surface area contributed by atoms with Crippen LogP contribution in [-0.4, -0.2) is 40.8 Å². The van der Waals surface area contributed by atoms with Gasteiger partial charge < -0.3 is 10.6 Å². The van der Waals surface area contributed by atoms with Crippen LogP contribution in [-0.2, 0) is 26.2 Å². The van der Waals surface area contributed by atoms with Crippen molar-refractivity contribution in [1.29, 1.82) is 0 Å². The number of nitrogens with one attached hydrogen (secondary N) is 2. The summed E-state index contributed by atoms with van der Waals surface area (Å²) in [6.07, 6.45) is 2.67. The highest BCUT2D eigenvalue weighted by Gasteiger charge is 2.13. The molecule has 1 aliphatic rings. The van der Waals surface area contributed by atoms with E-state index in [1.807, 2.05) is 13.1 Å². The van der Waals surface area contributed by atoms with E-state index in [9.17, 15) is 0 Å². The maximum absolute atomic E-state index is 4.76. The maximum atomic E-state index is 4.76. The molecular formula is C27H36N6. The van der Waals surface area contributed by atoms with E-state index in [0.717, 1.165) is 31.3 Å². The Balaban J connectivity index is 1.29. The number of rotatable bonds is 8. The molecule has 33 heavy (non-hydrogen) atoms. The van der Waals surface area contributed by atoms with Gasteiger partial charge >= 0.3 is 0 Å². The fourth-order valence-electron chi connectivity index (χ4n) is 4.44. The fourth-order valence-corrected chi connectivity index (χ4v) is 4.44. The SMILES string of the molecule is CN=C(NCc1ccc(CN2CCCC2)cc1)NCc1c(C)nn(Cc2ccccc2)c1C. The summed E-state index contributed by atoms with van der Waals surface area (Å²) in [5.41, 5.74) is 7.37.